The third-order valence-corrected chi connectivity index (χ3v) is 11.2. The van der Waals surface area contributed by atoms with Gasteiger partial charge in [0.2, 0.25) is 0 Å². The molecule has 6 rings (SSSR count). The Bertz CT molecular complexity index is 1930. The van der Waals surface area contributed by atoms with E-state index in [0.717, 1.165) is 46.7 Å². The van der Waals surface area contributed by atoms with Crippen molar-refractivity contribution in [3.05, 3.63) is 78.0 Å². The van der Waals surface area contributed by atoms with Gasteiger partial charge in [-0.1, -0.05) is 30.3 Å². The Balaban J connectivity index is 1.29. The fourth-order valence-corrected chi connectivity index (χ4v) is 7.74. The topological polar surface area (TPSA) is 127 Å². The normalized spacial score (nSPS) is 13.4. The average Bonchev–Trinajstić information content (AvgIpc) is 3.36. The third kappa shape index (κ3) is 6.87. The number of rotatable bonds is 12. The molecule has 1 amide bonds. The van der Waals surface area contributed by atoms with E-state index in [0.29, 0.717) is 47.5 Å². The Morgan fingerprint density at radius 2 is 1.93 bits per heavy atom. The Hall–Kier alpha value is -4.27. The standard InChI is InChI=1S/C31H36N8O4S2/c1-21-14-27(44-30(21)45(41,42)36(2)3)35-28-29-32-16-26(24-15-33-37(4)18-24)39(29)19-25(34-28)12-13-38(17-22-10-11-22)31(40)43-20-23-8-6-5-7-9-23/h5-9,14-16,18-19,22H,10-13,17,20H2,1-4H3,(H,34,35). The highest BCUT2D eigenvalue weighted by Gasteiger charge is 2.28. The molecular weight excluding hydrogens is 613 g/mol. The maximum absolute atomic E-state index is 13.2. The van der Waals surface area contributed by atoms with Crippen LogP contribution in [0.1, 0.15) is 29.7 Å². The highest BCUT2D eigenvalue weighted by atomic mass is 32.2. The molecule has 1 fully saturated rings. The third-order valence-electron chi connectivity index (χ3n) is 7.65. The largest absolute Gasteiger partial charge is 0.445 e. The molecule has 0 atom stereocenters. The number of thiophene rings is 1. The Kier molecular flexibility index (Phi) is 8.62. The van der Waals surface area contributed by atoms with Gasteiger partial charge in [0.15, 0.2) is 11.5 Å². The molecule has 12 nitrogen and oxygen atoms in total. The lowest BCUT2D eigenvalue weighted by molar-refractivity contribution is 0.0947. The van der Waals surface area contributed by atoms with Crippen LogP contribution in [0.3, 0.4) is 0 Å². The molecule has 0 aliphatic heterocycles. The molecule has 1 saturated carbocycles. The minimum absolute atomic E-state index is 0.217. The van der Waals surface area contributed by atoms with Gasteiger partial charge in [0.1, 0.15) is 10.8 Å². The van der Waals surface area contributed by atoms with E-state index in [1.165, 1.54) is 18.4 Å². The number of amides is 1. The molecule has 45 heavy (non-hydrogen) atoms. The lowest BCUT2D eigenvalue weighted by Crippen LogP contribution is -2.35. The van der Waals surface area contributed by atoms with Gasteiger partial charge in [-0.15, -0.1) is 11.3 Å². The Labute approximate surface area is 266 Å². The van der Waals surface area contributed by atoms with Crippen molar-refractivity contribution in [3.8, 4) is 11.3 Å². The van der Waals surface area contributed by atoms with Crippen molar-refractivity contribution < 1.29 is 17.9 Å². The van der Waals surface area contributed by atoms with Gasteiger partial charge in [-0.3, -0.25) is 9.08 Å². The van der Waals surface area contributed by atoms with Gasteiger partial charge in [0.05, 0.1) is 28.8 Å². The zero-order valence-corrected chi connectivity index (χ0v) is 27.3. The summed E-state index contributed by atoms with van der Waals surface area (Å²) in [6.07, 6.45) is 9.74. The second-order valence-electron chi connectivity index (χ2n) is 11.5. The van der Waals surface area contributed by atoms with Crippen LogP contribution in [0.15, 0.2) is 65.4 Å². The molecule has 0 spiro atoms. The summed E-state index contributed by atoms with van der Waals surface area (Å²) in [5, 5.41) is 8.29. The van der Waals surface area contributed by atoms with Gasteiger partial charge in [0, 0.05) is 58.6 Å². The van der Waals surface area contributed by atoms with Gasteiger partial charge in [0.25, 0.3) is 10.0 Å². The number of sulfonamides is 1. The molecule has 5 aromatic rings. The number of hydrogen-bond donors (Lipinski definition) is 1. The zero-order valence-electron chi connectivity index (χ0n) is 25.7. The van der Waals surface area contributed by atoms with Crippen LogP contribution in [0, 0.1) is 12.8 Å². The summed E-state index contributed by atoms with van der Waals surface area (Å²) < 4.78 is 36.6. The Morgan fingerprint density at radius 1 is 1.16 bits per heavy atom. The van der Waals surface area contributed by atoms with E-state index < -0.39 is 10.0 Å². The summed E-state index contributed by atoms with van der Waals surface area (Å²) in [5.74, 6) is 0.973. The molecule has 1 N–H and O–H groups in total. The van der Waals surface area contributed by atoms with Crippen LogP contribution < -0.4 is 5.32 Å². The number of imidazole rings is 1. The number of nitrogens with one attached hydrogen (secondary N) is 1. The number of nitrogens with zero attached hydrogens (tertiary/aromatic N) is 7. The molecule has 1 aliphatic rings. The number of ether oxygens (including phenoxy) is 1. The van der Waals surface area contributed by atoms with Crippen molar-refractivity contribution in [2.75, 3.05) is 32.5 Å². The van der Waals surface area contributed by atoms with Crippen molar-refractivity contribution in [1.82, 2.24) is 33.4 Å². The molecular formula is C31H36N8O4S2. The van der Waals surface area contributed by atoms with Gasteiger partial charge < -0.3 is 15.0 Å². The molecule has 0 bridgehead atoms. The summed E-state index contributed by atoms with van der Waals surface area (Å²) in [7, 11) is 1.29. The summed E-state index contributed by atoms with van der Waals surface area (Å²) in [6.45, 7) is 3.07. The van der Waals surface area contributed by atoms with E-state index in [2.05, 4.69) is 15.4 Å². The minimum atomic E-state index is -3.60. The predicted molar refractivity (Wildman–Crippen MR) is 173 cm³/mol. The number of anilines is 2. The minimum Gasteiger partial charge on any atom is -0.445 e. The van der Waals surface area contributed by atoms with E-state index in [1.807, 2.05) is 54.2 Å². The highest BCUT2D eigenvalue weighted by molar-refractivity contribution is 7.91. The predicted octanol–water partition coefficient (Wildman–Crippen LogP) is 5.08. The Morgan fingerprint density at radius 3 is 2.62 bits per heavy atom. The number of carbonyl (C=O) groups excluding carboxylic acids is 1. The zero-order chi connectivity index (χ0) is 31.7. The average molecular weight is 649 g/mol. The number of carbonyl (C=O) groups is 1. The molecule has 0 unspecified atom stereocenters. The van der Waals surface area contributed by atoms with Crippen molar-refractivity contribution in [2.45, 2.75) is 37.0 Å². The van der Waals surface area contributed by atoms with Crippen LogP contribution in [0.5, 0.6) is 0 Å². The smallest absolute Gasteiger partial charge is 0.410 e. The number of fused-ring (bicyclic) bond motifs is 1. The second-order valence-corrected chi connectivity index (χ2v) is 14.9. The first-order chi connectivity index (χ1) is 21.6. The van der Waals surface area contributed by atoms with E-state index in [9.17, 15) is 13.2 Å². The molecule has 1 aromatic carbocycles. The molecule has 0 saturated heterocycles. The summed E-state index contributed by atoms with van der Waals surface area (Å²) in [6, 6.07) is 11.5. The van der Waals surface area contributed by atoms with Gasteiger partial charge in [-0.05, 0) is 42.9 Å². The first-order valence-corrected chi connectivity index (χ1v) is 17.0. The lowest BCUT2D eigenvalue weighted by atomic mass is 10.2. The van der Waals surface area contributed by atoms with E-state index in [4.69, 9.17) is 9.72 Å². The summed E-state index contributed by atoms with van der Waals surface area (Å²) >= 11 is 1.15. The number of aromatic nitrogens is 5. The van der Waals surface area contributed by atoms with Gasteiger partial charge >= 0.3 is 6.09 Å². The lowest BCUT2D eigenvalue weighted by Gasteiger charge is -2.22. The van der Waals surface area contributed by atoms with Crippen LogP contribution in [0.2, 0.25) is 0 Å². The number of benzene rings is 1. The second kappa shape index (κ2) is 12.6. The number of aryl methyl sites for hydroxylation is 2. The summed E-state index contributed by atoms with van der Waals surface area (Å²) in [5.41, 5.74) is 4.62. The SMILES string of the molecule is Cc1cc(Nc2nc(CCN(CC3CC3)C(=O)OCc3ccccc3)cn3c(-c4cnn(C)c4)cnc23)sc1S(=O)(=O)N(C)C. The number of hydrogen-bond acceptors (Lipinski definition) is 9. The van der Waals surface area contributed by atoms with E-state index in [1.54, 1.807) is 35.0 Å². The maximum atomic E-state index is 13.2. The molecule has 4 aromatic heterocycles. The molecule has 1 aliphatic carbocycles. The maximum Gasteiger partial charge on any atom is 0.410 e. The van der Waals surface area contributed by atoms with Gasteiger partial charge in [-0.25, -0.2) is 27.5 Å². The van der Waals surface area contributed by atoms with Crippen molar-refractivity contribution in [3.63, 3.8) is 0 Å². The van der Waals surface area contributed by atoms with Crippen LogP contribution in [0.4, 0.5) is 15.6 Å². The van der Waals surface area contributed by atoms with E-state index >= 15 is 0 Å². The first-order valence-electron chi connectivity index (χ1n) is 14.7. The van der Waals surface area contributed by atoms with E-state index in [-0.39, 0.29) is 16.9 Å². The highest BCUT2D eigenvalue weighted by Crippen LogP contribution is 2.35. The van der Waals surface area contributed by atoms with Crippen LogP contribution in [-0.4, -0.2) is 75.1 Å². The fraction of sp³-hybridized carbons (Fsp3) is 0.355. The van der Waals surface area contributed by atoms with Crippen LogP contribution >= 0.6 is 11.3 Å². The fourth-order valence-electron chi connectivity index (χ4n) is 5.00. The molecule has 14 heteroatoms. The quantitative estimate of drug-likeness (QED) is 0.198. The van der Waals surface area contributed by atoms with Crippen molar-refractivity contribution in [2.24, 2.45) is 13.0 Å². The monoisotopic (exact) mass is 648 g/mol. The van der Waals surface area contributed by atoms with Crippen molar-refractivity contribution in [1.29, 1.82) is 0 Å². The molecule has 4 heterocycles. The van der Waals surface area contributed by atoms with Crippen LogP contribution in [0.25, 0.3) is 16.9 Å². The summed E-state index contributed by atoms with van der Waals surface area (Å²) in [4.78, 5) is 24.5. The van der Waals surface area contributed by atoms with Gasteiger partial charge in [-0.2, -0.15) is 5.10 Å². The molecule has 0 radical (unpaired) electrons. The van der Waals surface area contributed by atoms with Crippen molar-refractivity contribution >= 4 is 43.9 Å². The molecule has 236 valence electrons. The van der Waals surface area contributed by atoms with Crippen LogP contribution in [-0.2, 0) is 34.8 Å². The first kappa shape index (κ1) is 30.7.